The maximum absolute atomic E-state index is 10.5. The van der Waals surface area contributed by atoms with Gasteiger partial charge in [0.15, 0.2) is 0 Å². The Labute approximate surface area is 101 Å². The van der Waals surface area contributed by atoms with Crippen molar-refractivity contribution < 1.29 is 5.11 Å². The Balaban J connectivity index is 2.62. The summed E-state index contributed by atoms with van der Waals surface area (Å²) >= 11 is 0. The SMILES string of the molecule is CCC(C)CC(O)C(C)(CC)N1CCCC1. The monoisotopic (exact) mass is 227 g/mol. The Kier molecular flexibility index (Phi) is 5.26. The molecule has 2 nitrogen and oxygen atoms in total. The van der Waals surface area contributed by atoms with Crippen molar-refractivity contribution in [2.24, 2.45) is 5.92 Å². The molecule has 1 N–H and O–H groups in total. The average Bonchev–Trinajstić information content (AvgIpc) is 2.81. The Bertz CT molecular complexity index is 201. The van der Waals surface area contributed by atoms with Crippen LogP contribution in [-0.2, 0) is 0 Å². The number of likely N-dealkylation sites (tertiary alicyclic amines) is 1. The van der Waals surface area contributed by atoms with Gasteiger partial charge in [-0.2, -0.15) is 0 Å². The maximum Gasteiger partial charge on any atom is 0.0723 e. The molecule has 1 fully saturated rings. The fourth-order valence-corrected chi connectivity index (χ4v) is 2.70. The third kappa shape index (κ3) is 2.98. The van der Waals surface area contributed by atoms with Gasteiger partial charge < -0.3 is 5.11 Å². The summed E-state index contributed by atoms with van der Waals surface area (Å²) in [6.45, 7) is 11.2. The molecule has 1 rings (SSSR count). The Morgan fingerprint density at radius 3 is 2.25 bits per heavy atom. The van der Waals surface area contributed by atoms with Crippen molar-refractivity contribution in [2.75, 3.05) is 13.1 Å². The zero-order chi connectivity index (χ0) is 12.2. The lowest BCUT2D eigenvalue weighted by Crippen LogP contribution is -2.53. The molecule has 1 aliphatic heterocycles. The van der Waals surface area contributed by atoms with Gasteiger partial charge in [-0.3, -0.25) is 4.90 Å². The normalized spacial score (nSPS) is 25.3. The van der Waals surface area contributed by atoms with Crippen molar-refractivity contribution in [3.05, 3.63) is 0 Å². The van der Waals surface area contributed by atoms with Gasteiger partial charge in [0.05, 0.1) is 6.10 Å². The first kappa shape index (κ1) is 14.0. The minimum atomic E-state index is -0.175. The number of rotatable bonds is 6. The fraction of sp³-hybridized carbons (Fsp3) is 1.00. The summed E-state index contributed by atoms with van der Waals surface area (Å²) < 4.78 is 0. The first-order valence-electron chi connectivity index (χ1n) is 6.97. The Morgan fingerprint density at radius 2 is 1.81 bits per heavy atom. The van der Waals surface area contributed by atoms with E-state index < -0.39 is 0 Å². The van der Waals surface area contributed by atoms with E-state index in [0.717, 1.165) is 19.3 Å². The third-order valence-electron chi connectivity index (χ3n) is 4.58. The molecule has 0 aromatic carbocycles. The lowest BCUT2D eigenvalue weighted by molar-refractivity contribution is -0.0240. The highest BCUT2D eigenvalue weighted by molar-refractivity contribution is 4.94. The van der Waals surface area contributed by atoms with Gasteiger partial charge in [-0.1, -0.05) is 27.2 Å². The molecule has 96 valence electrons. The van der Waals surface area contributed by atoms with Gasteiger partial charge in [0.2, 0.25) is 0 Å². The van der Waals surface area contributed by atoms with E-state index in [2.05, 4.69) is 32.6 Å². The van der Waals surface area contributed by atoms with E-state index in [1.165, 1.54) is 25.9 Å². The molecular formula is C14H29NO. The Hall–Kier alpha value is -0.0800. The summed E-state index contributed by atoms with van der Waals surface area (Å²) in [5.74, 6) is 0.628. The molecule has 0 aromatic heterocycles. The summed E-state index contributed by atoms with van der Waals surface area (Å²) in [5.41, 5.74) is -0.0000694. The number of aliphatic hydroxyl groups is 1. The van der Waals surface area contributed by atoms with E-state index in [1.54, 1.807) is 0 Å². The largest absolute Gasteiger partial charge is 0.391 e. The van der Waals surface area contributed by atoms with E-state index in [4.69, 9.17) is 0 Å². The number of aliphatic hydroxyl groups excluding tert-OH is 1. The van der Waals surface area contributed by atoms with Gasteiger partial charge in [-0.15, -0.1) is 0 Å². The van der Waals surface area contributed by atoms with E-state index in [0.29, 0.717) is 5.92 Å². The van der Waals surface area contributed by atoms with Crippen molar-refractivity contribution >= 4 is 0 Å². The molecule has 1 heterocycles. The summed E-state index contributed by atoms with van der Waals surface area (Å²) in [6, 6.07) is 0. The molecule has 0 aromatic rings. The summed E-state index contributed by atoms with van der Waals surface area (Å²) in [7, 11) is 0. The van der Waals surface area contributed by atoms with Gasteiger partial charge in [-0.25, -0.2) is 0 Å². The second-order valence-electron chi connectivity index (χ2n) is 5.67. The lowest BCUT2D eigenvalue weighted by atomic mass is 9.84. The number of nitrogens with zero attached hydrogens (tertiary/aromatic N) is 1. The van der Waals surface area contributed by atoms with Crippen molar-refractivity contribution in [3.63, 3.8) is 0 Å². The minimum Gasteiger partial charge on any atom is -0.391 e. The lowest BCUT2D eigenvalue weighted by Gasteiger charge is -2.42. The van der Waals surface area contributed by atoms with Crippen LogP contribution in [-0.4, -0.2) is 34.7 Å². The highest BCUT2D eigenvalue weighted by Crippen LogP contribution is 2.31. The molecular weight excluding hydrogens is 198 g/mol. The molecule has 0 spiro atoms. The van der Waals surface area contributed by atoms with Crippen LogP contribution in [0.2, 0.25) is 0 Å². The average molecular weight is 227 g/mol. The van der Waals surface area contributed by atoms with Crippen LogP contribution in [0, 0.1) is 5.92 Å². The first-order chi connectivity index (χ1) is 7.54. The van der Waals surface area contributed by atoms with Crippen LogP contribution in [0.3, 0.4) is 0 Å². The third-order valence-corrected chi connectivity index (χ3v) is 4.58. The Morgan fingerprint density at radius 1 is 1.25 bits per heavy atom. The maximum atomic E-state index is 10.5. The van der Waals surface area contributed by atoms with E-state index in [-0.39, 0.29) is 11.6 Å². The number of hydrogen-bond acceptors (Lipinski definition) is 2. The fourth-order valence-electron chi connectivity index (χ4n) is 2.70. The molecule has 3 unspecified atom stereocenters. The minimum absolute atomic E-state index is 0.0000694. The van der Waals surface area contributed by atoms with Crippen molar-refractivity contribution in [1.82, 2.24) is 4.90 Å². The van der Waals surface area contributed by atoms with Crippen LogP contribution in [0.5, 0.6) is 0 Å². The molecule has 0 saturated carbocycles. The van der Waals surface area contributed by atoms with E-state index in [1.807, 2.05) is 0 Å². The van der Waals surface area contributed by atoms with Gasteiger partial charge >= 0.3 is 0 Å². The molecule has 0 amide bonds. The molecule has 0 bridgehead atoms. The second kappa shape index (κ2) is 6.02. The van der Waals surface area contributed by atoms with Gasteiger partial charge in [0, 0.05) is 5.54 Å². The van der Waals surface area contributed by atoms with E-state index in [9.17, 15) is 5.11 Å². The van der Waals surface area contributed by atoms with Crippen LogP contribution in [0.25, 0.3) is 0 Å². The van der Waals surface area contributed by atoms with Crippen LogP contribution in [0.4, 0.5) is 0 Å². The topological polar surface area (TPSA) is 23.5 Å². The summed E-state index contributed by atoms with van der Waals surface area (Å²) in [5, 5.41) is 10.5. The predicted octanol–water partition coefficient (Wildman–Crippen LogP) is 3.05. The molecule has 16 heavy (non-hydrogen) atoms. The van der Waals surface area contributed by atoms with Crippen LogP contribution in [0.15, 0.2) is 0 Å². The van der Waals surface area contributed by atoms with Gasteiger partial charge in [-0.05, 0) is 51.6 Å². The predicted molar refractivity (Wildman–Crippen MR) is 69.6 cm³/mol. The van der Waals surface area contributed by atoms with Gasteiger partial charge in [0.25, 0.3) is 0 Å². The van der Waals surface area contributed by atoms with Crippen LogP contribution >= 0.6 is 0 Å². The van der Waals surface area contributed by atoms with Crippen LogP contribution < -0.4 is 0 Å². The molecule has 3 atom stereocenters. The molecule has 0 radical (unpaired) electrons. The smallest absolute Gasteiger partial charge is 0.0723 e. The molecule has 1 aliphatic rings. The summed E-state index contributed by atoms with van der Waals surface area (Å²) in [6.07, 6.45) is 5.57. The molecule has 0 aliphatic carbocycles. The quantitative estimate of drug-likeness (QED) is 0.754. The molecule has 1 saturated heterocycles. The highest BCUT2D eigenvalue weighted by atomic mass is 16.3. The standard InChI is InChI=1S/C14H29NO/c1-5-12(3)11-13(16)14(4,6-2)15-9-7-8-10-15/h12-13,16H,5-11H2,1-4H3. The number of hydrogen-bond donors (Lipinski definition) is 1. The second-order valence-corrected chi connectivity index (χ2v) is 5.67. The van der Waals surface area contributed by atoms with Crippen molar-refractivity contribution in [2.45, 2.75) is 71.4 Å². The van der Waals surface area contributed by atoms with Crippen molar-refractivity contribution in [1.29, 1.82) is 0 Å². The van der Waals surface area contributed by atoms with Crippen molar-refractivity contribution in [3.8, 4) is 0 Å². The zero-order valence-corrected chi connectivity index (χ0v) is 11.5. The zero-order valence-electron chi connectivity index (χ0n) is 11.5. The van der Waals surface area contributed by atoms with E-state index >= 15 is 0 Å². The first-order valence-corrected chi connectivity index (χ1v) is 6.97. The molecule has 2 heteroatoms. The summed E-state index contributed by atoms with van der Waals surface area (Å²) in [4.78, 5) is 2.50. The van der Waals surface area contributed by atoms with Crippen LogP contribution in [0.1, 0.15) is 59.8 Å². The highest BCUT2D eigenvalue weighted by Gasteiger charge is 2.38. The van der Waals surface area contributed by atoms with Gasteiger partial charge in [0.1, 0.15) is 0 Å².